The summed E-state index contributed by atoms with van der Waals surface area (Å²) in [5, 5.41) is 1.26. The first-order valence-corrected chi connectivity index (χ1v) is 4.88. The summed E-state index contributed by atoms with van der Waals surface area (Å²) >= 11 is 23.5. The van der Waals surface area contributed by atoms with Crippen LogP contribution in [0.5, 0.6) is 5.75 Å². The molecule has 72 valence electrons. The summed E-state index contributed by atoms with van der Waals surface area (Å²) in [6.45, 7) is 1.75. The van der Waals surface area contributed by atoms with Gasteiger partial charge >= 0.3 is 0 Å². The zero-order valence-electron chi connectivity index (χ0n) is 6.92. The molecular weight excluding hydrogens is 254 g/mol. The number of hydrogen-bond acceptors (Lipinski definition) is 1. The number of hydrogen-bond donors (Lipinski definition) is 0. The molecule has 0 aromatic heterocycles. The van der Waals surface area contributed by atoms with Gasteiger partial charge in [-0.15, -0.1) is 0 Å². The monoisotopic (exact) mass is 258 g/mol. The lowest BCUT2D eigenvalue weighted by Gasteiger charge is -2.11. The van der Waals surface area contributed by atoms with Crippen molar-refractivity contribution in [2.24, 2.45) is 0 Å². The van der Waals surface area contributed by atoms with E-state index in [9.17, 15) is 0 Å². The molecule has 0 radical (unpaired) electrons. The van der Waals surface area contributed by atoms with E-state index >= 15 is 0 Å². The van der Waals surface area contributed by atoms with Crippen molar-refractivity contribution >= 4 is 46.4 Å². The molecule has 0 amide bonds. The normalized spacial score (nSPS) is 10.3. The lowest BCUT2D eigenvalue weighted by Crippen LogP contribution is -1.90. The standard InChI is InChI=1S/C8H6Cl4O/c1-3-4(9)6(11)7(12)8(13-2)5(3)10/h1-2H3. The third-order valence-electron chi connectivity index (χ3n) is 1.65. The lowest BCUT2D eigenvalue weighted by atomic mass is 10.2. The third-order valence-corrected chi connectivity index (χ3v) is 3.51. The Hall–Kier alpha value is 0.180. The summed E-state index contributed by atoms with van der Waals surface area (Å²) in [6, 6.07) is 0. The van der Waals surface area contributed by atoms with E-state index in [4.69, 9.17) is 51.1 Å². The van der Waals surface area contributed by atoms with E-state index in [1.807, 2.05) is 0 Å². The molecule has 0 N–H and O–H groups in total. The van der Waals surface area contributed by atoms with Crippen LogP contribution in [0.15, 0.2) is 0 Å². The van der Waals surface area contributed by atoms with Crippen molar-refractivity contribution in [1.82, 2.24) is 0 Å². The number of halogens is 4. The quantitative estimate of drug-likeness (QED) is 0.528. The Labute approximate surface area is 96.5 Å². The molecule has 0 heterocycles. The molecule has 1 aromatic rings. The van der Waals surface area contributed by atoms with Crippen LogP contribution < -0.4 is 4.74 Å². The second-order valence-corrected chi connectivity index (χ2v) is 3.93. The van der Waals surface area contributed by atoms with Crippen LogP contribution in [0.4, 0.5) is 0 Å². The smallest absolute Gasteiger partial charge is 0.157 e. The van der Waals surface area contributed by atoms with Gasteiger partial charge in [0.1, 0.15) is 5.02 Å². The van der Waals surface area contributed by atoms with Gasteiger partial charge < -0.3 is 4.74 Å². The minimum absolute atomic E-state index is 0.241. The van der Waals surface area contributed by atoms with Gasteiger partial charge in [0.15, 0.2) is 5.75 Å². The van der Waals surface area contributed by atoms with Crippen molar-refractivity contribution in [3.05, 3.63) is 25.7 Å². The fourth-order valence-electron chi connectivity index (χ4n) is 0.903. The van der Waals surface area contributed by atoms with Crippen LogP contribution in [0.2, 0.25) is 20.1 Å². The summed E-state index contributed by atoms with van der Waals surface area (Å²) in [6.07, 6.45) is 0. The van der Waals surface area contributed by atoms with Gasteiger partial charge in [0.05, 0.1) is 22.2 Å². The van der Waals surface area contributed by atoms with E-state index in [2.05, 4.69) is 0 Å². The van der Waals surface area contributed by atoms with Crippen LogP contribution in [-0.4, -0.2) is 7.11 Å². The topological polar surface area (TPSA) is 9.23 Å². The summed E-state index contributed by atoms with van der Waals surface area (Å²) in [5.74, 6) is 0.357. The maximum atomic E-state index is 5.92. The van der Waals surface area contributed by atoms with Crippen molar-refractivity contribution in [3.63, 3.8) is 0 Å². The predicted molar refractivity (Wildman–Crippen MR) is 57.8 cm³/mol. The van der Waals surface area contributed by atoms with Gasteiger partial charge in [0.25, 0.3) is 0 Å². The zero-order valence-corrected chi connectivity index (χ0v) is 9.94. The predicted octanol–water partition coefficient (Wildman–Crippen LogP) is 4.62. The Kier molecular flexibility index (Phi) is 3.58. The molecule has 1 nitrogen and oxygen atoms in total. The highest BCUT2D eigenvalue weighted by Gasteiger charge is 2.17. The fourth-order valence-corrected chi connectivity index (χ4v) is 2.00. The van der Waals surface area contributed by atoms with Gasteiger partial charge in [-0.2, -0.15) is 0 Å². The highest BCUT2D eigenvalue weighted by Crippen LogP contribution is 2.45. The number of rotatable bonds is 1. The SMILES string of the molecule is COc1c(Cl)c(C)c(Cl)c(Cl)c1Cl. The van der Waals surface area contributed by atoms with Gasteiger partial charge in [0, 0.05) is 0 Å². The van der Waals surface area contributed by atoms with E-state index in [0.717, 1.165) is 0 Å². The van der Waals surface area contributed by atoms with Gasteiger partial charge in [-0.3, -0.25) is 0 Å². The molecule has 0 saturated carbocycles. The molecular formula is C8H6Cl4O. The van der Waals surface area contributed by atoms with E-state index in [0.29, 0.717) is 21.4 Å². The first kappa shape index (κ1) is 11.3. The first-order chi connectivity index (χ1) is 6.00. The summed E-state index contributed by atoms with van der Waals surface area (Å²) in [4.78, 5) is 0. The molecule has 0 saturated heterocycles. The summed E-state index contributed by atoms with van der Waals surface area (Å²) in [7, 11) is 1.47. The molecule has 0 spiro atoms. The van der Waals surface area contributed by atoms with E-state index in [1.165, 1.54) is 7.11 Å². The fraction of sp³-hybridized carbons (Fsp3) is 0.250. The minimum Gasteiger partial charge on any atom is -0.494 e. The van der Waals surface area contributed by atoms with Crippen LogP contribution >= 0.6 is 46.4 Å². The van der Waals surface area contributed by atoms with Gasteiger partial charge in [-0.1, -0.05) is 46.4 Å². The average Bonchev–Trinajstić information content (AvgIpc) is 2.13. The lowest BCUT2D eigenvalue weighted by molar-refractivity contribution is 0.415. The Bertz CT molecular complexity index is 319. The highest BCUT2D eigenvalue weighted by atomic mass is 35.5. The molecule has 0 unspecified atom stereocenters. The molecule has 0 bridgehead atoms. The molecule has 0 atom stereocenters. The van der Waals surface area contributed by atoms with Crippen molar-refractivity contribution < 1.29 is 4.74 Å². The minimum atomic E-state index is 0.241. The first-order valence-electron chi connectivity index (χ1n) is 3.37. The number of ether oxygens (including phenoxy) is 1. The molecule has 0 aliphatic rings. The Morgan fingerprint density at radius 3 is 1.85 bits per heavy atom. The van der Waals surface area contributed by atoms with E-state index in [1.54, 1.807) is 6.92 Å². The molecule has 0 aliphatic carbocycles. The highest BCUT2D eigenvalue weighted by molar-refractivity contribution is 6.50. The average molecular weight is 260 g/mol. The maximum Gasteiger partial charge on any atom is 0.157 e. The van der Waals surface area contributed by atoms with Crippen molar-refractivity contribution in [1.29, 1.82) is 0 Å². The summed E-state index contributed by atoms with van der Waals surface area (Å²) < 4.78 is 4.99. The molecule has 13 heavy (non-hydrogen) atoms. The third kappa shape index (κ3) is 1.84. The van der Waals surface area contributed by atoms with Crippen LogP contribution in [-0.2, 0) is 0 Å². The largest absolute Gasteiger partial charge is 0.494 e. The Morgan fingerprint density at radius 2 is 1.38 bits per heavy atom. The number of methoxy groups -OCH3 is 1. The maximum absolute atomic E-state index is 5.92. The van der Waals surface area contributed by atoms with Crippen LogP contribution in [0.1, 0.15) is 5.56 Å². The van der Waals surface area contributed by atoms with E-state index in [-0.39, 0.29) is 10.0 Å². The van der Waals surface area contributed by atoms with Gasteiger partial charge in [-0.25, -0.2) is 0 Å². The van der Waals surface area contributed by atoms with Crippen molar-refractivity contribution in [2.75, 3.05) is 7.11 Å². The number of benzene rings is 1. The van der Waals surface area contributed by atoms with Crippen LogP contribution in [0.3, 0.4) is 0 Å². The second kappa shape index (κ2) is 4.14. The zero-order chi connectivity index (χ0) is 10.2. The van der Waals surface area contributed by atoms with Gasteiger partial charge in [0.2, 0.25) is 0 Å². The second-order valence-electron chi connectivity index (χ2n) is 2.41. The molecule has 5 heteroatoms. The molecule has 0 fully saturated rings. The molecule has 1 aromatic carbocycles. The van der Waals surface area contributed by atoms with Crippen molar-refractivity contribution in [2.45, 2.75) is 6.92 Å². The Balaban J connectivity index is 3.56. The Morgan fingerprint density at radius 1 is 0.846 bits per heavy atom. The van der Waals surface area contributed by atoms with Crippen LogP contribution in [0.25, 0.3) is 0 Å². The summed E-state index contributed by atoms with van der Waals surface area (Å²) in [5.41, 5.74) is 0.662. The molecule has 0 aliphatic heterocycles. The van der Waals surface area contributed by atoms with E-state index < -0.39 is 0 Å². The van der Waals surface area contributed by atoms with Crippen molar-refractivity contribution in [3.8, 4) is 5.75 Å². The van der Waals surface area contributed by atoms with Gasteiger partial charge in [-0.05, 0) is 12.5 Å². The van der Waals surface area contributed by atoms with Crippen LogP contribution in [0, 0.1) is 6.92 Å². The molecule has 1 rings (SSSR count).